The Labute approximate surface area is 174 Å². The van der Waals surface area contributed by atoms with E-state index in [1.807, 2.05) is 13.8 Å². The van der Waals surface area contributed by atoms with Gasteiger partial charge in [-0.3, -0.25) is 4.90 Å². The van der Waals surface area contributed by atoms with Crippen LogP contribution in [0.25, 0.3) is 10.2 Å². The maximum Gasteiger partial charge on any atom is 0.348 e. The van der Waals surface area contributed by atoms with Crippen LogP contribution in [0, 0.1) is 6.92 Å². The second kappa shape index (κ2) is 9.34. The maximum absolute atomic E-state index is 12.4. The summed E-state index contributed by atoms with van der Waals surface area (Å²) in [4.78, 5) is 25.7. The number of rotatable bonds is 7. The van der Waals surface area contributed by atoms with Crippen LogP contribution in [-0.4, -0.2) is 73.0 Å². The number of carbonyl (C=O) groups excluding carboxylic acids is 1. The van der Waals surface area contributed by atoms with Crippen molar-refractivity contribution in [2.45, 2.75) is 39.3 Å². The van der Waals surface area contributed by atoms with Crippen molar-refractivity contribution in [2.75, 3.05) is 51.4 Å². The topological polar surface area (TPSA) is 85.8 Å². The summed E-state index contributed by atoms with van der Waals surface area (Å²) in [6, 6.07) is 0. The minimum Gasteiger partial charge on any atom is -0.462 e. The van der Waals surface area contributed by atoms with Gasteiger partial charge in [0.2, 0.25) is 0 Å². The third kappa shape index (κ3) is 4.69. The molecule has 2 aliphatic rings. The van der Waals surface area contributed by atoms with Gasteiger partial charge in [0.05, 0.1) is 37.9 Å². The van der Waals surface area contributed by atoms with E-state index in [2.05, 4.69) is 10.2 Å². The third-order valence-corrected chi connectivity index (χ3v) is 6.45. The molecule has 2 fully saturated rings. The molecule has 29 heavy (non-hydrogen) atoms. The largest absolute Gasteiger partial charge is 0.462 e. The van der Waals surface area contributed by atoms with Crippen molar-refractivity contribution in [1.82, 2.24) is 14.9 Å². The summed E-state index contributed by atoms with van der Waals surface area (Å²) in [6.45, 7) is 9.50. The zero-order valence-corrected chi connectivity index (χ0v) is 17.8. The average molecular weight is 421 g/mol. The van der Waals surface area contributed by atoms with Crippen LogP contribution in [0.2, 0.25) is 0 Å². The molecule has 4 heterocycles. The molecule has 0 unspecified atom stereocenters. The summed E-state index contributed by atoms with van der Waals surface area (Å²) in [6.07, 6.45) is 2.35. The molecular formula is C20H28N4O4S. The quantitative estimate of drug-likeness (QED) is 0.684. The van der Waals surface area contributed by atoms with Gasteiger partial charge in [-0.25, -0.2) is 14.8 Å². The van der Waals surface area contributed by atoms with Gasteiger partial charge in [-0.15, -0.1) is 11.3 Å². The number of hydrogen-bond acceptors (Lipinski definition) is 9. The molecule has 9 heteroatoms. The van der Waals surface area contributed by atoms with E-state index in [1.54, 1.807) is 0 Å². The summed E-state index contributed by atoms with van der Waals surface area (Å²) >= 11 is 1.38. The number of esters is 1. The SMILES string of the molecule is CCOC(=O)c1sc2nc(CN3CCOCC3)nc(NC[C@@H]3CCCO3)c2c1C. The maximum atomic E-state index is 12.4. The molecule has 0 bridgehead atoms. The number of carbonyl (C=O) groups is 1. The molecule has 0 aromatic carbocycles. The summed E-state index contributed by atoms with van der Waals surface area (Å²) in [5.74, 6) is 1.23. The van der Waals surface area contributed by atoms with E-state index in [9.17, 15) is 4.79 Å². The monoisotopic (exact) mass is 420 g/mol. The van der Waals surface area contributed by atoms with Crippen LogP contribution in [0.15, 0.2) is 0 Å². The molecule has 0 aliphatic carbocycles. The second-order valence-electron chi connectivity index (χ2n) is 7.35. The lowest BCUT2D eigenvalue weighted by molar-refractivity contribution is 0.0331. The molecule has 2 aliphatic heterocycles. The molecular weight excluding hydrogens is 392 g/mol. The number of nitrogens with zero attached hydrogens (tertiary/aromatic N) is 3. The second-order valence-corrected chi connectivity index (χ2v) is 8.35. The van der Waals surface area contributed by atoms with Crippen molar-refractivity contribution in [3.05, 3.63) is 16.3 Å². The molecule has 1 atom stereocenters. The lowest BCUT2D eigenvalue weighted by Crippen LogP contribution is -2.36. The van der Waals surface area contributed by atoms with Gasteiger partial charge in [-0.05, 0) is 32.3 Å². The van der Waals surface area contributed by atoms with Gasteiger partial charge in [-0.2, -0.15) is 0 Å². The van der Waals surface area contributed by atoms with Crippen LogP contribution < -0.4 is 5.32 Å². The van der Waals surface area contributed by atoms with Gasteiger partial charge in [0, 0.05) is 26.2 Å². The van der Waals surface area contributed by atoms with Crippen molar-refractivity contribution in [3.63, 3.8) is 0 Å². The van der Waals surface area contributed by atoms with E-state index in [4.69, 9.17) is 24.2 Å². The van der Waals surface area contributed by atoms with Crippen LogP contribution in [0.4, 0.5) is 5.82 Å². The van der Waals surface area contributed by atoms with Crippen LogP contribution in [0.3, 0.4) is 0 Å². The summed E-state index contributed by atoms with van der Waals surface area (Å²) in [7, 11) is 0. The van der Waals surface area contributed by atoms with E-state index in [-0.39, 0.29) is 12.1 Å². The van der Waals surface area contributed by atoms with E-state index in [0.29, 0.717) is 24.6 Å². The van der Waals surface area contributed by atoms with E-state index in [0.717, 1.165) is 73.2 Å². The minimum atomic E-state index is -0.298. The van der Waals surface area contributed by atoms with Gasteiger partial charge in [0.25, 0.3) is 0 Å². The van der Waals surface area contributed by atoms with E-state index < -0.39 is 0 Å². The lowest BCUT2D eigenvalue weighted by atomic mass is 10.2. The number of fused-ring (bicyclic) bond motifs is 1. The van der Waals surface area contributed by atoms with Gasteiger partial charge in [0.15, 0.2) is 0 Å². The highest BCUT2D eigenvalue weighted by atomic mass is 32.1. The van der Waals surface area contributed by atoms with E-state index >= 15 is 0 Å². The Hall–Kier alpha value is -1.81. The number of nitrogens with one attached hydrogen (secondary N) is 1. The summed E-state index contributed by atoms with van der Waals surface area (Å²) in [5, 5.41) is 4.37. The Morgan fingerprint density at radius 1 is 1.31 bits per heavy atom. The highest BCUT2D eigenvalue weighted by Gasteiger charge is 2.23. The Bertz CT molecular complexity index is 860. The normalized spacial score (nSPS) is 20.3. The fraction of sp³-hybridized carbons (Fsp3) is 0.650. The number of aryl methyl sites for hydroxylation is 1. The number of morpholine rings is 1. The van der Waals surface area contributed by atoms with E-state index in [1.165, 1.54) is 11.3 Å². The molecule has 8 nitrogen and oxygen atoms in total. The first-order valence-electron chi connectivity index (χ1n) is 10.3. The average Bonchev–Trinajstić information content (AvgIpc) is 3.35. The molecule has 1 N–H and O–H groups in total. The zero-order chi connectivity index (χ0) is 20.2. The molecule has 158 valence electrons. The van der Waals surface area contributed by atoms with Gasteiger partial charge < -0.3 is 19.5 Å². The first kappa shape index (κ1) is 20.5. The van der Waals surface area contributed by atoms with Crippen LogP contribution in [-0.2, 0) is 20.8 Å². The Morgan fingerprint density at radius 2 is 2.14 bits per heavy atom. The van der Waals surface area contributed by atoms with Crippen molar-refractivity contribution >= 4 is 33.3 Å². The third-order valence-electron chi connectivity index (χ3n) is 5.29. The lowest BCUT2D eigenvalue weighted by Gasteiger charge is -2.25. The number of aromatic nitrogens is 2. The molecule has 0 radical (unpaired) electrons. The Kier molecular flexibility index (Phi) is 6.59. The zero-order valence-electron chi connectivity index (χ0n) is 17.0. The Morgan fingerprint density at radius 3 is 2.86 bits per heavy atom. The number of ether oxygens (including phenoxy) is 3. The van der Waals surface area contributed by atoms with Crippen molar-refractivity contribution < 1.29 is 19.0 Å². The predicted molar refractivity (Wildman–Crippen MR) is 112 cm³/mol. The van der Waals surface area contributed by atoms with Crippen LogP contribution >= 0.6 is 11.3 Å². The van der Waals surface area contributed by atoms with Crippen molar-refractivity contribution in [3.8, 4) is 0 Å². The first-order chi connectivity index (χ1) is 14.2. The standard InChI is InChI=1S/C20H28N4O4S/c1-3-27-20(25)17-13(2)16-18(21-11-14-5-4-8-28-14)22-15(23-19(16)29-17)12-24-6-9-26-10-7-24/h14H,3-12H2,1-2H3,(H,21,22,23)/t14-/m0/s1. The van der Waals surface area contributed by atoms with Crippen molar-refractivity contribution in [1.29, 1.82) is 0 Å². The predicted octanol–water partition coefficient (Wildman–Crippen LogP) is 2.60. The highest BCUT2D eigenvalue weighted by molar-refractivity contribution is 7.20. The van der Waals surface area contributed by atoms with Gasteiger partial charge in [0.1, 0.15) is 21.3 Å². The fourth-order valence-corrected chi connectivity index (χ4v) is 4.84. The van der Waals surface area contributed by atoms with Gasteiger partial charge >= 0.3 is 5.97 Å². The number of hydrogen-bond donors (Lipinski definition) is 1. The minimum absolute atomic E-state index is 0.200. The first-order valence-corrected chi connectivity index (χ1v) is 11.1. The number of anilines is 1. The van der Waals surface area contributed by atoms with Crippen LogP contribution in [0.5, 0.6) is 0 Å². The highest BCUT2D eigenvalue weighted by Crippen LogP contribution is 2.34. The molecule has 2 saturated heterocycles. The van der Waals surface area contributed by atoms with Gasteiger partial charge in [-0.1, -0.05) is 0 Å². The Balaban J connectivity index is 1.65. The molecule has 0 spiro atoms. The molecule has 2 aromatic heterocycles. The smallest absolute Gasteiger partial charge is 0.348 e. The summed E-state index contributed by atoms with van der Waals surface area (Å²) in [5.41, 5.74) is 0.871. The van der Waals surface area contributed by atoms with Crippen LogP contribution in [0.1, 0.15) is 40.8 Å². The fourth-order valence-electron chi connectivity index (χ4n) is 3.75. The summed E-state index contributed by atoms with van der Waals surface area (Å²) < 4.78 is 16.4. The molecule has 4 rings (SSSR count). The number of thiophene rings is 1. The van der Waals surface area contributed by atoms with Crippen molar-refractivity contribution in [2.24, 2.45) is 0 Å². The molecule has 0 saturated carbocycles. The molecule has 0 amide bonds. The molecule has 2 aromatic rings.